The predicted octanol–water partition coefficient (Wildman–Crippen LogP) is 1.39. The number of urea groups is 1. The number of carboxylic acid groups (broad SMARTS) is 1. The SMILES string of the molecule is CC(CCC(=O)O)NC(=O)N1CCCSCC1. The van der Waals surface area contributed by atoms with Crippen LogP contribution < -0.4 is 5.32 Å². The third kappa shape index (κ3) is 5.81. The standard InChI is InChI=1S/C11H20N2O3S/c1-9(3-4-10(14)15)12-11(16)13-5-2-7-17-8-6-13/h9H,2-8H2,1H3,(H,12,16)(H,14,15). The van der Waals surface area contributed by atoms with Crippen molar-refractivity contribution in [1.29, 1.82) is 0 Å². The fourth-order valence-electron chi connectivity index (χ4n) is 1.66. The third-order valence-corrected chi connectivity index (χ3v) is 3.72. The normalized spacial score (nSPS) is 18.3. The minimum Gasteiger partial charge on any atom is -0.481 e. The van der Waals surface area contributed by atoms with Gasteiger partial charge in [-0.3, -0.25) is 4.79 Å². The van der Waals surface area contributed by atoms with E-state index in [1.807, 2.05) is 23.6 Å². The van der Waals surface area contributed by atoms with Crippen LogP contribution in [0.15, 0.2) is 0 Å². The second-order valence-electron chi connectivity index (χ2n) is 4.24. The number of carboxylic acids is 1. The fourth-order valence-corrected chi connectivity index (χ4v) is 2.55. The predicted molar refractivity (Wildman–Crippen MR) is 68.4 cm³/mol. The number of nitrogens with one attached hydrogen (secondary N) is 1. The molecule has 0 radical (unpaired) electrons. The first-order valence-electron chi connectivity index (χ1n) is 5.94. The lowest BCUT2D eigenvalue weighted by Gasteiger charge is -2.23. The number of aliphatic carboxylic acids is 1. The molecule has 1 saturated heterocycles. The van der Waals surface area contributed by atoms with Crippen molar-refractivity contribution in [3.05, 3.63) is 0 Å². The number of amides is 2. The first-order valence-corrected chi connectivity index (χ1v) is 7.10. The number of hydrogen-bond acceptors (Lipinski definition) is 3. The summed E-state index contributed by atoms with van der Waals surface area (Å²) < 4.78 is 0. The van der Waals surface area contributed by atoms with Crippen molar-refractivity contribution in [1.82, 2.24) is 10.2 Å². The number of thioether (sulfide) groups is 1. The van der Waals surface area contributed by atoms with Gasteiger partial charge < -0.3 is 15.3 Å². The van der Waals surface area contributed by atoms with E-state index in [-0.39, 0.29) is 18.5 Å². The summed E-state index contributed by atoms with van der Waals surface area (Å²) >= 11 is 1.87. The summed E-state index contributed by atoms with van der Waals surface area (Å²) in [5.74, 6) is 1.27. The molecular weight excluding hydrogens is 240 g/mol. The monoisotopic (exact) mass is 260 g/mol. The van der Waals surface area contributed by atoms with Gasteiger partial charge in [0.2, 0.25) is 0 Å². The van der Waals surface area contributed by atoms with Gasteiger partial charge in [0.05, 0.1) is 0 Å². The summed E-state index contributed by atoms with van der Waals surface area (Å²) in [5.41, 5.74) is 0. The smallest absolute Gasteiger partial charge is 0.317 e. The van der Waals surface area contributed by atoms with Crippen LogP contribution in [0.5, 0.6) is 0 Å². The van der Waals surface area contributed by atoms with Crippen LogP contribution in [0.1, 0.15) is 26.2 Å². The van der Waals surface area contributed by atoms with Crippen molar-refractivity contribution in [2.75, 3.05) is 24.6 Å². The quantitative estimate of drug-likeness (QED) is 0.801. The summed E-state index contributed by atoms with van der Waals surface area (Å²) in [6.45, 7) is 3.42. The Morgan fingerprint density at radius 3 is 2.88 bits per heavy atom. The Balaban J connectivity index is 2.28. The molecule has 0 aromatic heterocycles. The largest absolute Gasteiger partial charge is 0.481 e. The first-order chi connectivity index (χ1) is 8.09. The lowest BCUT2D eigenvalue weighted by atomic mass is 10.2. The molecule has 6 heteroatoms. The highest BCUT2D eigenvalue weighted by Gasteiger charge is 2.17. The lowest BCUT2D eigenvalue weighted by Crippen LogP contribution is -2.44. The van der Waals surface area contributed by atoms with Gasteiger partial charge in [-0.2, -0.15) is 11.8 Å². The molecule has 98 valence electrons. The molecule has 17 heavy (non-hydrogen) atoms. The average molecular weight is 260 g/mol. The van der Waals surface area contributed by atoms with Crippen LogP contribution in [0.2, 0.25) is 0 Å². The lowest BCUT2D eigenvalue weighted by molar-refractivity contribution is -0.137. The van der Waals surface area contributed by atoms with Crippen LogP contribution in [-0.2, 0) is 4.79 Å². The maximum atomic E-state index is 11.9. The van der Waals surface area contributed by atoms with Crippen LogP contribution in [-0.4, -0.2) is 52.6 Å². The number of hydrogen-bond donors (Lipinski definition) is 2. The van der Waals surface area contributed by atoms with Gasteiger partial charge in [-0.15, -0.1) is 0 Å². The summed E-state index contributed by atoms with van der Waals surface area (Å²) in [7, 11) is 0. The minimum atomic E-state index is -0.822. The first kappa shape index (κ1) is 14.2. The van der Waals surface area contributed by atoms with Gasteiger partial charge in [-0.25, -0.2) is 4.79 Å². The van der Waals surface area contributed by atoms with E-state index in [0.29, 0.717) is 6.42 Å². The molecule has 5 nitrogen and oxygen atoms in total. The zero-order valence-corrected chi connectivity index (χ0v) is 11.0. The summed E-state index contributed by atoms with van der Waals surface area (Å²) in [5, 5.41) is 11.4. The van der Waals surface area contributed by atoms with Gasteiger partial charge in [0.1, 0.15) is 0 Å². The zero-order chi connectivity index (χ0) is 12.7. The van der Waals surface area contributed by atoms with E-state index >= 15 is 0 Å². The molecule has 1 aliphatic heterocycles. The molecule has 1 fully saturated rings. The molecule has 1 aliphatic rings. The molecule has 1 heterocycles. The minimum absolute atomic E-state index is 0.0645. The number of carbonyl (C=O) groups is 2. The zero-order valence-electron chi connectivity index (χ0n) is 10.1. The molecule has 0 saturated carbocycles. The van der Waals surface area contributed by atoms with Gasteiger partial charge in [0.15, 0.2) is 0 Å². The topological polar surface area (TPSA) is 69.6 Å². The van der Waals surface area contributed by atoms with Gasteiger partial charge >= 0.3 is 12.0 Å². The molecule has 1 unspecified atom stereocenters. The Labute approximate surface area is 106 Å². The maximum absolute atomic E-state index is 11.9. The fraction of sp³-hybridized carbons (Fsp3) is 0.818. The van der Waals surface area contributed by atoms with Gasteiger partial charge in [-0.05, 0) is 25.5 Å². The molecule has 2 N–H and O–H groups in total. The molecule has 1 atom stereocenters. The average Bonchev–Trinajstić information content (AvgIpc) is 2.54. The van der Waals surface area contributed by atoms with Crippen LogP contribution in [0.25, 0.3) is 0 Å². The maximum Gasteiger partial charge on any atom is 0.317 e. The molecule has 1 rings (SSSR count). The van der Waals surface area contributed by atoms with E-state index in [1.54, 1.807) is 0 Å². The number of carbonyl (C=O) groups excluding carboxylic acids is 1. The molecule has 0 aromatic carbocycles. The van der Waals surface area contributed by atoms with E-state index in [2.05, 4.69) is 5.32 Å². The van der Waals surface area contributed by atoms with Crippen molar-refractivity contribution in [3.8, 4) is 0 Å². The Morgan fingerprint density at radius 1 is 1.41 bits per heavy atom. The van der Waals surface area contributed by atoms with E-state index in [9.17, 15) is 9.59 Å². The summed E-state index contributed by atoms with van der Waals surface area (Å²) in [6, 6.07) is -0.153. The van der Waals surface area contributed by atoms with Gasteiger partial charge in [-0.1, -0.05) is 0 Å². The highest BCUT2D eigenvalue weighted by molar-refractivity contribution is 7.99. The summed E-state index contributed by atoms with van der Waals surface area (Å²) in [6.07, 6.45) is 1.60. The Morgan fingerprint density at radius 2 is 2.18 bits per heavy atom. The van der Waals surface area contributed by atoms with Crippen molar-refractivity contribution in [3.63, 3.8) is 0 Å². The third-order valence-electron chi connectivity index (χ3n) is 2.67. The molecule has 0 bridgehead atoms. The molecule has 2 amide bonds. The van der Waals surface area contributed by atoms with Crippen molar-refractivity contribution in [2.45, 2.75) is 32.2 Å². The second kappa shape index (κ2) is 7.42. The van der Waals surface area contributed by atoms with Crippen molar-refractivity contribution >= 4 is 23.8 Å². The van der Waals surface area contributed by atoms with Crippen LogP contribution in [0.3, 0.4) is 0 Å². The van der Waals surface area contributed by atoms with Crippen LogP contribution in [0.4, 0.5) is 4.79 Å². The van der Waals surface area contributed by atoms with Crippen molar-refractivity contribution < 1.29 is 14.7 Å². The Bertz CT molecular complexity index is 265. The Hall–Kier alpha value is -0.910. The second-order valence-corrected chi connectivity index (χ2v) is 5.46. The number of nitrogens with zero attached hydrogens (tertiary/aromatic N) is 1. The Kier molecular flexibility index (Phi) is 6.18. The van der Waals surface area contributed by atoms with E-state index in [4.69, 9.17) is 5.11 Å². The molecule has 0 aromatic rings. The van der Waals surface area contributed by atoms with E-state index in [0.717, 1.165) is 31.0 Å². The summed E-state index contributed by atoms with van der Waals surface area (Å²) in [4.78, 5) is 24.1. The molecule has 0 aliphatic carbocycles. The van der Waals surface area contributed by atoms with Crippen LogP contribution >= 0.6 is 11.8 Å². The van der Waals surface area contributed by atoms with E-state index in [1.165, 1.54) is 0 Å². The number of rotatable bonds is 4. The van der Waals surface area contributed by atoms with Crippen LogP contribution in [0, 0.1) is 0 Å². The highest BCUT2D eigenvalue weighted by atomic mass is 32.2. The molecular formula is C11H20N2O3S. The van der Waals surface area contributed by atoms with Crippen molar-refractivity contribution in [2.24, 2.45) is 0 Å². The highest BCUT2D eigenvalue weighted by Crippen LogP contribution is 2.10. The molecule has 0 spiro atoms. The van der Waals surface area contributed by atoms with E-state index < -0.39 is 5.97 Å². The van der Waals surface area contributed by atoms with Gasteiger partial charge in [0, 0.05) is 31.3 Å². The van der Waals surface area contributed by atoms with Gasteiger partial charge in [0.25, 0.3) is 0 Å².